The van der Waals surface area contributed by atoms with Crippen molar-refractivity contribution in [3.8, 4) is 0 Å². The number of aromatic nitrogens is 6. The van der Waals surface area contributed by atoms with Crippen molar-refractivity contribution in [1.29, 1.82) is 0 Å². The van der Waals surface area contributed by atoms with Crippen molar-refractivity contribution in [3.63, 3.8) is 0 Å². The highest BCUT2D eigenvalue weighted by Gasteiger charge is 1.93. The largest absolute Gasteiger partial charge is 0.368 e. The number of nitrogens with one attached hydrogen (secondary N) is 1. The molecule has 0 saturated heterocycles. The van der Waals surface area contributed by atoms with E-state index < -0.39 is 0 Å². The average molecular weight is 250 g/mol. The molecule has 0 amide bonds. The first-order valence-corrected chi connectivity index (χ1v) is 5.02. The molecule has 5 N–H and O–H groups in total. The van der Waals surface area contributed by atoms with Crippen molar-refractivity contribution in [3.05, 3.63) is 28.0 Å². The number of anilines is 2. The van der Waals surface area contributed by atoms with Gasteiger partial charge >= 0.3 is 5.69 Å². The van der Waals surface area contributed by atoms with E-state index in [0.29, 0.717) is 17.5 Å². The highest BCUT2D eigenvalue weighted by atomic mass is 16.1. The number of rotatable bonds is 0. The Bertz CT molecular complexity index is 520. The smallest absolute Gasteiger partial charge is 0.348 e. The molecule has 0 bridgehead atoms. The number of nitrogen functional groups attached to an aromatic ring is 2. The van der Waals surface area contributed by atoms with E-state index in [2.05, 4.69) is 29.9 Å². The second kappa shape index (κ2) is 5.66. The van der Waals surface area contributed by atoms with Crippen molar-refractivity contribution in [2.24, 2.45) is 0 Å². The summed E-state index contributed by atoms with van der Waals surface area (Å²) in [5, 5.41) is 0. The van der Waals surface area contributed by atoms with Crippen molar-refractivity contribution in [2.45, 2.75) is 20.8 Å². The standard InChI is InChI=1S/C5H7N3O.C4H7N5/c1-3-6-4(2)8-5(9)7-3;1-2-7-3(5)9-4(6)8-2/h1-2H3,(H,6,7,8,9);1H3,(H4,5,6,7,8,9). The maximum atomic E-state index is 10.5. The molecule has 9 nitrogen and oxygen atoms in total. The third kappa shape index (κ3) is 4.51. The first kappa shape index (κ1) is 13.5. The Morgan fingerprint density at radius 3 is 1.72 bits per heavy atom. The quantitative estimate of drug-likeness (QED) is 0.545. The molecule has 0 unspecified atom stereocenters. The minimum absolute atomic E-state index is 0.167. The van der Waals surface area contributed by atoms with Crippen molar-refractivity contribution >= 4 is 11.9 Å². The normalized spacial score (nSPS) is 9.50. The fraction of sp³-hybridized carbons (Fsp3) is 0.333. The van der Waals surface area contributed by atoms with Gasteiger partial charge in [0.2, 0.25) is 11.9 Å². The van der Waals surface area contributed by atoms with Crippen LogP contribution in [-0.2, 0) is 0 Å². The molecule has 2 heterocycles. The molecule has 9 heteroatoms. The van der Waals surface area contributed by atoms with Gasteiger partial charge in [-0.2, -0.15) is 19.9 Å². The maximum Gasteiger partial charge on any atom is 0.348 e. The fourth-order valence-electron chi connectivity index (χ4n) is 1.15. The zero-order valence-electron chi connectivity index (χ0n) is 10.3. The summed E-state index contributed by atoms with van der Waals surface area (Å²) >= 11 is 0. The zero-order chi connectivity index (χ0) is 13.7. The van der Waals surface area contributed by atoms with Crippen LogP contribution in [-0.4, -0.2) is 29.9 Å². The molecule has 2 aromatic rings. The van der Waals surface area contributed by atoms with Crippen molar-refractivity contribution in [1.82, 2.24) is 29.9 Å². The average Bonchev–Trinajstić information content (AvgIpc) is 2.12. The summed E-state index contributed by atoms with van der Waals surface area (Å²) in [5.41, 5.74) is 10.1. The van der Waals surface area contributed by atoms with Gasteiger partial charge in [0.05, 0.1) is 0 Å². The van der Waals surface area contributed by atoms with Gasteiger partial charge in [-0.1, -0.05) is 0 Å². The van der Waals surface area contributed by atoms with Crippen LogP contribution in [0.15, 0.2) is 4.79 Å². The molecule has 0 aliphatic heterocycles. The first-order chi connectivity index (χ1) is 8.36. The summed E-state index contributed by atoms with van der Waals surface area (Å²) in [6, 6.07) is 0. The van der Waals surface area contributed by atoms with Crippen LogP contribution in [0.25, 0.3) is 0 Å². The van der Waals surface area contributed by atoms with E-state index in [1.807, 2.05) is 0 Å². The number of nitrogens with two attached hydrogens (primary N) is 2. The zero-order valence-corrected chi connectivity index (χ0v) is 10.3. The predicted octanol–water partition coefficient (Wildman–Crippen LogP) is -0.874. The van der Waals surface area contributed by atoms with Gasteiger partial charge in [-0.25, -0.2) is 9.78 Å². The van der Waals surface area contributed by atoms with Crippen LogP contribution in [0.1, 0.15) is 17.5 Å². The summed E-state index contributed by atoms with van der Waals surface area (Å²) in [4.78, 5) is 31.3. The number of nitrogens with zero attached hydrogens (tertiary/aromatic N) is 5. The number of hydrogen-bond acceptors (Lipinski definition) is 8. The van der Waals surface area contributed by atoms with Crippen LogP contribution >= 0.6 is 0 Å². The van der Waals surface area contributed by atoms with Gasteiger partial charge in [0.25, 0.3) is 0 Å². The Morgan fingerprint density at radius 1 is 0.833 bits per heavy atom. The Hall–Kier alpha value is -2.58. The molecular formula is C9H14N8O. The summed E-state index contributed by atoms with van der Waals surface area (Å²) in [6.07, 6.45) is 0. The Morgan fingerprint density at radius 2 is 1.33 bits per heavy atom. The van der Waals surface area contributed by atoms with Crippen LogP contribution in [0.3, 0.4) is 0 Å². The van der Waals surface area contributed by atoms with Gasteiger partial charge in [-0.15, -0.1) is 0 Å². The number of H-pyrrole nitrogens is 1. The molecule has 0 spiro atoms. The van der Waals surface area contributed by atoms with Crippen LogP contribution < -0.4 is 17.2 Å². The van der Waals surface area contributed by atoms with Crippen LogP contribution in [0.5, 0.6) is 0 Å². The third-order valence-corrected chi connectivity index (χ3v) is 1.66. The molecule has 0 saturated carbocycles. The molecule has 0 atom stereocenters. The molecule has 2 rings (SSSR count). The Balaban J connectivity index is 0.000000180. The van der Waals surface area contributed by atoms with Crippen LogP contribution in [0.4, 0.5) is 11.9 Å². The number of aromatic amines is 1. The minimum Gasteiger partial charge on any atom is -0.368 e. The lowest BCUT2D eigenvalue weighted by Gasteiger charge is -1.93. The van der Waals surface area contributed by atoms with Crippen molar-refractivity contribution < 1.29 is 0 Å². The van der Waals surface area contributed by atoms with Gasteiger partial charge in [-0.05, 0) is 20.8 Å². The molecule has 2 aromatic heterocycles. The fourth-order valence-corrected chi connectivity index (χ4v) is 1.15. The van der Waals surface area contributed by atoms with E-state index in [-0.39, 0.29) is 17.6 Å². The van der Waals surface area contributed by atoms with Gasteiger partial charge in [0.1, 0.15) is 17.5 Å². The second-order valence-electron chi connectivity index (χ2n) is 3.39. The summed E-state index contributed by atoms with van der Waals surface area (Å²) in [5.74, 6) is 1.99. The lowest BCUT2D eigenvalue weighted by Crippen LogP contribution is -2.14. The van der Waals surface area contributed by atoms with E-state index >= 15 is 0 Å². The lowest BCUT2D eigenvalue weighted by molar-refractivity contribution is 0.879. The van der Waals surface area contributed by atoms with E-state index in [0.717, 1.165) is 0 Å². The van der Waals surface area contributed by atoms with Gasteiger partial charge < -0.3 is 11.5 Å². The van der Waals surface area contributed by atoms with E-state index in [1.54, 1.807) is 20.8 Å². The maximum absolute atomic E-state index is 10.5. The Labute approximate surface area is 103 Å². The first-order valence-electron chi connectivity index (χ1n) is 5.02. The van der Waals surface area contributed by atoms with E-state index in [1.165, 1.54) is 0 Å². The van der Waals surface area contributed by atoms with Crippen LogP contribution in [0, 0.1) is 20.8 Å². The van der Waals surface area contributed by atoms with E-state index in [4.69, 9.17) is 11.5 Å². The molecule has 0 fully saturated rings. The molecule has 0 aliphatic carbocycles. The second-order valence-corrected chi connectivity index (χ2v) is 3.39. The highest BCUT2D eigenvalue weighted by Crippen LogP contribution is 1.94. The highest BCUT2D eigenvalue weighted by molar-refractivity contribution is 5.25. The van der Waals surface area contributed by atoms with Gasteiger partial charge in [-0.3, -0.25) is 4.98 Å². The van der Waals surface area contributed by atoms with Gasteiger partial charge in [0.15, 0.2) is 0 Å². The number of hydrogen-bond donors (Lipinski definition) is 3. The number of aryl methyl sites for hydroxylation is 3. The molecular weight excluding hydrogens is 236 g/mol. The van der Waals surface area contributed by atoms with Crippen LogP contribution in [0.2, 0.25) is 0 Å². The Kier molecular flexibility index (Phi) is 4.24. The minimum atomic E-state index is -0.333. The SMILES string of the molecule is Cc1nc(C)[nH]c(=O)n1.Cc1nc(N)nc(N)n1. The third-order valence-electron chi connectivity index (χ3n) is 1.66. The summed E-state index contributed by atoms with van der Waals surface area (Å²) in [6.45, 7) is 5.10. The molecule has 96 valence electrons. The molecule has 0 aliphatic rings. The summed E-state index contributed by atoms with van der Waals surface area (Å²) < 4.78 is 0. The molecule has 0 radical (unpaired) electrons. The van der Waals surface area contributed by atoms with Gasteiger partial charge in [0, 0.05) is 0 Å². The molecule has 0 aromatic carbocycles. The lowest BCUT2D eigenvalue weighted by atomic mass is 10.6. The van der Waals surface area contributed by atoms with Crippen molar-refractivity contribution in [2.75, 3.05) is 11.5 Å². The summed E-state index contributed by atoms with van der Waals surface area (Å²) in [7, 11) is 0. The monoisotopic (exact) mass is 250 g/mol. The predicted molar refractivity (Wildman–Crippen MR) is 65.5 cm³/mol. The molecule has 18 heavy (non-hydrogen) atoms. The van der Waals surface area contributed by atoms with E-state index in [9.17, 15) is 4.79 Å². The topological polar surface area (TPSA) is 149 Å².